The summed E-state index contributed by atoms with van der Waals surface area (Å²) in [5.41, 5.74) is 0. The number of hydrogen-bond donors (Lipinski definition) is 3. The number of carboxylic acid groups (broad SMARTS) is 1. The summed E-state index contributed by atoms with van der Waals surface area (Å²) in [7, 11) is 1.28. The zero-order chi connectivity index (χ0) is 14.6. The third-order valence-corrected chi connectivity index (χ3v) is 3.18. The molecule has 8 nitrogen and oxygen atoms in total. The summed E-state index contributed by atoms with van der Waals surface area (Å²) < 4.78 is 4.64. The lowest BCUT2D eigenvalue weighted by Gasteiger charge is -2.19. The van der Waals surface area contributed by atoms with E-state index in [0.717, 1.165) is 0 Å². The van der Waals surface area contributed by atoms with Gasteiger partial charge >= 0.3 is 18.0 Å². The second-order valence-corrected chi connectivity index (χ2v) is 4.53. The van der Waals surface area contributed by atoms with Crippen LogP contribution in [0.15, 0.2) is 0 Å². The molecule has 0 aromatic rings. The van der Waals surface area contributed by atoms with Crippen molar-refractivity contribution in [3.63, 3.8) is 0 Å². The number of nitrogens with zero attached hydrogens (tertiary/aromatic N) is 1. The summed E-state index contributed by atoms with van der Waals surface area (Å²) in [6.07, 6.45) is 0. The fourth-order valence-electron chi connectivity index (χ4n) is 2.02. The van der Waals surface area contributed by atoms with Crippen LogP contribution in [0.2, 0.25) is 0 Å². The maximum Gasteiger partial charge on any atom is 0.328 e. The monoisotopic (exact) mass is 274 g/mol. The normalized spacial score (nSPS) is 23.8. The minimum absolute atomic E-state index is 0.0596. The zero-order valence-electron chi connectivity index (χ0n) is 10.8. The maximum atomic E-state index is 11.8. The smallest absolute Gasteiger partial charge is 0.328 e. The minimum atomic E-state index is -1.35. The third-order valence-electron chi connectivity index (χ3n) is 3.18. The minimum Gasteiger partial charge on any atom is -0.480 e. The van der Waals surface area contributed by atoms with Gasteiger partial charge in [-0.2, -0.15) is 0 Å². The summed E-state index contributed by atoms with van der Waals surface area (Å²) in [6, 6.07) is -1.96. The molecule has 0 aromatic carbocycles. The first-order valence-corrected chi connectivity index (χ1v) is 5.87. The van der Waals surface area contributed by atoms with Crippen LogP contribution < -0.4 is 5.32 Å². The van der Waals surface area contributed by atoms with Crippen LogP contribution in [0.25, 0.3) is 0 Å². The Morgan fingerprint density at radius 1 is 1.42 bits per heavy atom. The predicted molar refractivity (Wildman–Crippen MR) is 63.3 cm³/mol. The summed E-state index contributed by atoms with van der Waals surface area (Å²) in [4.78, 5) is 35.3. The van der Waals surface area contributed by atoms with Crippen LogP contribution in [0.4, 0.5) is 4.79 Å². The Hall–Kier alpha value is -1.83. The number of carbonyl (C=O) groups is 3. The van der Waals surface area contributed by atoms with E-state index in [-0.39, 0.29) is 18.4 Å². The van der Waals surface area contributed by atoms with Crippen molar-refractivity contribution in [3.05, 3.63) is 0 Å². The number of urea groups is 1. The van der Waals surface area contributed by atoms with Gasteiger partial charge in [-0.3, -0.25) is 4.79 Å². The van der Waals surface area contributed by atoms with E-state index in [4.69, 9.17) is 10.2 Å². The maximum absolute atomic E-state index is 11.8. The number of aliphatic hydroxyl groups excluding tert-OH is 1. The van der Waals surface area contributed by atoms with Crippen LogP contribution >= 0.6 is 0 Å². The van der Waals surface area contributed by atoms with Crippen molar-refractivity contribution >= 4 is 18.0 Å². The average molecular weight is 274 g/mol. The summed E-state index contributed by atoms with van der Waals surface area (Å²) in [5.74, 6) is -2.17. The number of carbonyl (C=O) groups excluding carboxylic acids is 2. The van der Waals surface area contributed by atoms with E-state index in [2.05, 4.69) is 10.1 Å². The highest BCUT2D eigenvalue weighted by molar-refractivity contribution is 5.83. The van der Waals surface area contributed by atoms with Gasteiger partial charge in [0.15, 0.2) is 6.04 Å². The molecular formula is C11H18N2O6. The number of nitrogens with one attached hydrogen (secondary N) is 1. The van der Waals surface area contributed by atoms with Crippen molar-refractivity contribution in [1.82, 2.24) is 10.2 Å². The summed E-state index contributed by atoms with van der Waals surface area (Å²) >= 11 is 0. The molecule has 0 aromatic heterocycles. The van der Waals surface area contributed by atoms with Crippen molar-refractivity contribution in [3.8, 4) is 0 Å². The second kappa shape index (κ2) is 6.37. The number of likely N-dealkylation sites (tertiary alicyclic amines) is 1. The first-order chi connectivity index (χ1) is 8.90. The Morgan fingerprint density at radius 2 is 2.05 bits per heavy atom. The van der Waals surface area contributed by atoms with E-state index in [1.807, 2.05) is 6.92 Å². The van der Waals surface area contributed by atoms with Crippen molar-refractivity contribution in [1.29, 1.82) is 0 Å². The number of aliphatic hydroxyl groups is 1. The Morgan fingerprint density at radius 3 is 2.53 bits per heavy atom. The zero-order valence-corrected chi connectivity index (χ0v) is 10.8. The van der Waals surface area contributed by atoms with Gasteiger partial charge in [-0.25, -0.2) is 9.59 Å². The van der Waals surface area contributed by atoms with Gasteiger partial charge in [0.25, 0.3) is 0 Å². The lowest BCUT2D eigenvalue weighted by atomic mass is 9.99. The number of ether oxygens (including phenoxy) is 1. The number of esters is 1. The molecule has 3 atom stereocenters. The molecule has 8 heteroatoms. The van der Waals surface area contributed by atoms with Gasteiger partial charge in [-0.1, -0.05) is 6.92 Å². The van der Waals surface area contributed by atoms with Crippen molar-refractivity contribution in [2.75, 3.05) is 26.8 Å². The fraction of sp³-hybridized carbons (Fsp3) is 0.727. The van der Waals surface area contributed by atoms with Crippen LogP contribution in [0.3, 0.4) is 0 Å². The molecule has 0 radical (unpaired) electrons. The largest absolute Gasteiger partial charge is 0.480 e. The van der Waals surface area contributed by atoms with Crippen molar-refractivity contribution < 1.29 is 29.3 Å². The second-order valence-electron chi connectivity index (χ2n) is 4.53. The van der Waals surface area contributed by atoms with Gasteiger partial charge in [0.05, 0.1) is 19.6 Å². The van der Waals surface area contributed by atoms with E-state index < -0.39 is 30.6 Å². The molecule has 1 rings (SSSR count). The van der Waals surface area contributed by atoms with E-state index in [1.54, 1.807) is 0 Å². The number of amides is 2. The highest BCUT2D eigenvalue weighted by Gasteiger charge is 2.38. The van der Waals surface area contributed by atoms with Crippen molar-refractivity contribution in [2.24, 2.45) is 11.8 Å². The average Bonchev–Trinajstić information content (AvgIpc) is 2.76. The molecule has 0 aliphatic carbocycles. The fourth-order valence-corrected chi connectivity index (χ4v) is 2.02. The molecule has 108 valence electrons. The van der Waals surface area contributed by atoms with Crippen LogP contribution in [-0.4, -0.2) is 65.9 Å². The molecule has 0 spiro atoms. The number of hydrogen-bond acceptors (Lipinski definition) is 5. The lowest BCUT2D eigenvalue weighted by Crippen LogP contribution is -2.49. The number of aliphatic carboxylic acids is 1. The molecule has 0 bridgehead atoms. The summed E-state index contributed by atoms with van der Waals surface area (Å²) in [5, 5.41) is 19.7. The standard InChI is InChI=1S/C11H18N2O6/c1-6-3-13(4-7(6)10(17)19-2)11(18)12-8(5-14)9(15)16/h6-8,14H,3-5H2,1-2H3,(H,12,18)(H,15,16)/t6?,7?,8-/m1/s1. The van der Waals surface area contributed by atoms with E-state index >= 15 is 0 Å². The van der Waals surface area contributed by atoms with E-state index in [9.17, 15) is 14.4 Å². The molecule has 1 heterocycles. The molecule has 1 aliphatic heterocycles. The van der Waals surface area contributed by atoms with Crippen LogP contribution in [0.5, 0.6) is 0 Å². The van der Waals surface area contributed by atoms with E-state index in [1.165, 1.54) is 12.0 Å². The van der Waals surface area contributed by atoms with Crippen LogP contribution in [0.1, 0.15) is 6.92 Å². The molecule has 1 fully saturated rings. The topological polar surface area (TPSA) is 116 Å². The Kier molecular flexibility index (Phi) is 5.11. The van der Waals surface area contributed by atoms with Gasteiger partial charge < -0.3 is 25.2 Å². The first-order valence-electron chi connectivity index (χ1n) is 5.87. The molecule has 2 amide bonds. The Bertz CT molecular complexity index is 372. The SMILES string of the molecule is COC(=O)C1CN(C(=O)N[C@H](CO)C(=O)O)CC1C. The number of methoxy groups -OCH3 is 1. The molecule has 1 saturated heterocycles. The Balaban J connectivity index is 2.60. The van der Waals surface area contributed by atoms with Crippen LogP contribution in [0, 0.1) is 11.8 Å². The first kappa shape index (κ1) is 15.2. The molecule has 2 unspecified atom stereocenters. The lowest BCUT2D eigenvalue weighted by molar-refractivity contribution is -0.146. The Labute approximate surface area is 110 Å². The molecular weight excluding hydrogens is 256 g/mol. The highest BCUT2D eigenvalue weighted by atomic mass is 16.5. The molecule has 1 aliphatic rings. The molecule has 3 N–H and O–H groups in total. The molecule has 0 saturated carbocycles. The quantitative estimate of drug-likeness (QED) is 0.559. The third kappa shape index (κ3) is 3.57. The molecule has 19 heavy (non-hydrogen) atoms. The van der Waals surface area contributed by atoms with Gasteiger partial charge in [0, 0.05) is 13.1 Å². The van der Waals surface area contributed by atoms with Gasteiger partial charge in [-0.15, -0.1) is 0 Å². The number of rotatable bonds is 4. The van der Waals surface area contributed by atoms with Gasteiger partial charge in [0.1, 0.15) is 0 Å². The number of carboxylic acids is 1. The van der Waals surface area contributed by atoms with Gasteiger partial charge in [0.2, 0.25) is 0 Å². The van der Waals surface area contributed by atoms with E-state index in [0.29, 0.717) is 6.54 Å². The van der Waals surface area contributed by atoms with Crippen LogP contribution in [-0.2, 0) is 14.3 Å². The summed E-state index contributed by atoms with van der Waals surface area (Å²) in [6.45, 7) is 1.64. The highest BCUT2D eigenvalue weighted by Crippen LogP contribution is 2.23. The van der Waals surface area contributed by atoms with Crippen molar-refractivity contribution in [2.45, 2.75) is 13.0 Å². The van der Waals surface area contributed by atoms with Gasteiger partial charge in [-0.05, 0) is 5.92 Å². The predicted octanol–water partition coefficient (Wildman–Crippen LogP) is -1.12.